The quantitative estimate of drug-likeness (QED) is 0.0572. The van der Waals surface area contributed by atoms with Crippen LogP contribution in [0.25, 0.3) is 32.2 Å². The number of pyridine rings is 1. The van der Waals surface area contributed by atoms with Crippen molar-refractivity contribution in [3.05, 3.63) is 34.5 Å². The fourth-order valence-corrected chi connectivity index (χ4v) is 7.27. The number of thioether (sulfide) groups is 1. The van der Waals surface area contributed by atoms with Crippen molar-refractivity contribution in [2.24, 2.45) is 0 Å². The van der Waals surface area contributed by atoms with E-state index in [2.05, 4.69) is 39.9 Å². The number of halogens is 2. The van der Waals surface area contributed by atoms with Crippen LogP contribution in [0, 0.1) is 23.0 Å². The number of nitrogens with zero attached hydrogens (tertiary/aromatic N) is 4. The Morgan fingerprint density at radius 3 is 2.61 bits per heavy atom. The molecule has 0 aliphatic carbocycles. The van der Waals surface area contributed by atoms with Crippen molar-refractivity contribution in [3.8, 4) is 23.2 Å². The number of carbonyl (C=O) groups is 1. The molecule has 1 amide bonds. The van der Waals surface area contributed by atoms with Crippen LogP contribution in [0.2, 0.25) is 25.7 Å². The van der Waals surface area contributed by atoms with Gasteiger partial charge in [-0.1, -0.05) is 38.3 Å². The zero-order valence-corrected chi connectivity index (χ0v) is 29.4. The number of nitrogens with one attached hydrogen (secondary N) is 1. The summed E-state index contributed by atoms with van der Waals surface area (Å²) < 4.78 is 55.0. The zero-order chi connectivity index (χ0) is 33.4. The third-order valence-corrected chi connectivity index (χ3v) is 10.5. The summed E-state index contributed by atoms with van der Waals surface area (Å²) in [4.78, 5) is 26.0. The lowest BCUT2D eigenvalue weighted by atomic mass is 9.93. The second-order valence-corrected chi connectivity index (χ2v) is 20.7. The van der Waals surface area contributed by atoms with Crippen LogP contribution >= 0.6 is 23.1 Å². The molecule has 15 heteroatoms. The highest BCUT2D eigenvalue weighted by molar-refractivity contribution is 7.99. The molecule has 1 N–H and O–H groups in total. The topological polar surface area (TPSA) is 128 Å². The van der Waals surface area contributed by atoms with Gasteiger partial charge in [-0.3, -0.25) is 10.3 Å². The largest absolute Gasteiger partial charge is 0.450 e. The first kappa shape index (κ1) is 33.9. The van der Waals surface area contributed by atoms with Crippen molar-refractivity contribution in [2.75, 3.05) is 24.5 Å². The average Bonchev–Trinajstić information content (AvgIpc) is 3.58. The van der Waals surface area contributed by atoms with Gasteiger partial charge in [0.1, 0.15) is 22.2 Å². The van der Waals surface area contributed by atoms with Gasteiger partial charge in [-0.25, -0.2) is 18.6 Å². The van der Waals surface area contributed by atoms with E-state index in [1.807, 2.05) is 13.0 Å². The van der Waals surface area contributed by atoms with Crippen LogP contribution in [0.3, 0.4) is 0 Å². The molecular weight excluding hydrogens is 653 g/mol. The maximum Gasteiger partial charge on any atom is 0.412 e. The molecule has 1 aliphatic rings. The van der Waals surface area contributed by atoms with Gasteiger partial charge in [0.25, 0.3) is 0 Å². The van der Waals surface area contributed by atoms with Crippen molar-refractivity contribution >= 4 is 63.3 Å². The second kappa shape index (κ2) is 13.4. The Morgan fingerprint density at radius 2 is 1.93 bits per heavy atom. The Kier molecular flexibility index (Phi) is 9.85. The smallest absolute Gasteiger partial charge is 0.412 e. The molecule has 0 spiro atoms. The summed E-state index contributed by atoms with van der Waals surface area (Å²) in [6.07, 6.45) is 0.162. The number of carbonyl (C=O) groups excluding carboxylic acids is 1. The zero-order valence-electron chi connectivity index (χ0n) is 26.7. The normalized spacial score (nSPS) is 13.2. The molecule has 1 aromatic carbocycles. The number of ether oxygens (including phenoxy) is 4. The number of hydrogen-bond acceptors (Lipinski definition) is 11. The number of aromatic nitrogens is 3. The summed E-state index contributed by atoms with van der Waals surface area (Å²) in [6.45, 7) is 14.4. The summed E-state index contributed by atoms with van der Waals surface area (Å²) in [7, 11) is -1.31. The SMILES string of the molecule is CCSc1nc(OCOCC[Si](C)(C)C)c2c3c(c(-c4ncc(F)c5sc(NC(=O)OC(C)(C)C)c(C#N)c45)c(F)c2n1)COC3. The van der Waals surface area contributed by atoms with Crippen LogP contribution in [0.4, 0.5) is 18.6 Å². The molecular formula is C31H35F2N5O5S2Si. The van der Waals surface area contributed by atoms with E-state index in [0.717, 1.165) is 23.6 Å². The predicted octanol–water partition coefficient (Wildman–Crippen LogP) is 8.24. The Labute approximate surface area is 274 Å². The van der Waals surface area contributed by atoms with E-state index < -0.39 is 31.4 Å². The average molecular weight is 688 g/mol. The molecule has 244 valence electrons. The molecule has 4 heterocycles. The highest BCUT2D eigenvalue weighted by atomic mass is 32.2. The number of anilines is 1. The van der Waals surface area contributed by atoms with Gasteiger partial charge in [-0.05, 0) is 43.7 Å². The van der Waals surface area contributed by atoms with Gasteiger partial charge in [-0.15, -0.1) is 11.3 Å². The number of hydrogen-bond donors (Lipinski definition) is 1. The molecule has 4 aromatic rings. The highest BCUT2D eigenvalue weighted by Gasteiger charge is 2.32. The summed E-state index contributed by atoms with van der Waals surface area (Å²) in [5, 5.41) is 13.5. The first-order chi connectivity index (χ1) is 21.7. The van der Waals surface area contributed by atoms with E-state index in [4.69, 9.17) is 18.9 Å². The number of fused-ring (bicyclic) bond motifs is 4. The third kappa shape index (κ3) is 7.11. The first-order valence-corrected chi connectivity index (χ1v) is 20.2. The van der Waals surface area contributed by atoms with Gasteiger partial charge in [0.2, 0.25) is 5.88 Å². The van der Waals surface area contributed by atoms with Crippen molar-refractivity contribution in [1.82, 2.24) is 15.0 Å². The van der Waals surface area contributed by atoms with Crippen LogP contribution < -0.4 is 10.1 Å². The predicted molar refractivity (Wildman–Crippen MR) is 177 cm³/mol. The van der Waals surface area contributed by atoms with Crippen LogP contribution in [0.5, 0.6) is 5.88 Å². The Morgan fingerprint density at radius 1 is 1.20 bits per heavy atom. The monoisotopic (exact) mass is 687 g/mol. The van der Waals surface area contributed by atoms with Crippen molar-refractivity contribution < 1.29 is 32.5 Å². The number of thiophene rings is 1. The minimum atomic E-state index is -1.31. The Balaban J connectivity index is 1.67. The van der Waals surface area contributed by atoms with Crippen molar-refractivity contribution in [3.63, 3.8) is 0 Å². The van der Waals surface area contributed by atoms with E-state index >= 15 is 8.78 Å². The molecule has 1 aliphatic heterocycles. The minimum Gasteiger partial charge on any atom is -0.450 e. The van der Waals surface area contributed by atoms with Crippen LogP contribution in [-0.4, -0.2) is 53.9 Å². The van der Waals surface area contributed by atoms with Gasteiger partial charge in [0.15, 0.2) is 23.6 Å². The van der Waals surface area contributed by atoms with Crippen LogP contribution in [-0.2, 0) is 27.4 Å². The Bertz CT molecular complexity index is 1870. The van der Waals surface area contributed by atoms with Crippen LogP contribution in [0.15, 0.2) is 11.4 Å². The maximum atomic E-state index is 16.9. The molecule has 0 radical (unpaired) electrons. The van der Waals surface area contributed by atoms with Gasteiger partial charge in [0.05, 0.1) is 40.8 Å². The molecule has 0 bridgehead atoms. The molecule has 0 atom stereocenters. The summed E-state index contributed by atoms with van der Waals surface area (Å²) in [5.74, 6) is -0.647. The fraction of sp³-hybridized carbons (Fsp3) is 0.452. The maximum absolute atomic E-state index is 16.9. The number of rotatable bonds is 10. The molecule has 10 nitrogen and oxygen atoms in total. The van der Waals surface area contributed by atoms with Gasteiger partial charge >= 0.3 is 6.09 Å². The second-order valence-electron chi connectivity index (χ2n) is 12.8. The number of benzene rings is 1. The van der Waals surface area contributed by atoms with Gasteiger partial charge < -0.3 is 18.9 Å². The summed E-state index contributed by atoms with van der Waals surface area (Å²) in [5.41, 5.74) is 0.254. The molecule has 46 heavy (non-hydrogen) atoms. The van der Waals surface area contributed by atoms with Crippen LogP contribution in [0.1, 0.15) is 44.4 Å². The van der Waals surface area contributed by atoms with Gasteiger partial charge in [0, 0.05) is 25.6 Å². The first-order valence-electron chi connectivity index (χ1n) is 14.7. The summed E-state index contributed by atoms with van der Waals surface area (Å²) in [6, 6.07) is 3.00. The van der Waals surface area contributed by atoms with E-state index in [0.29, 0.717) is 34.0 Å². The van der Waals surface area contributed by atoms with E-state index in [9.17, 15) is 10.1 Å². The molecule has 0 saturated carbocycles. The van der Waals surface area contributed by atoms with E-state index in [1.54, 1.807) is 20.8 Å². The van der Waals surface area contributed by atoms with E-state index in [-0.39, 0.29) is 63.3 Å². The van der Waals surface area contributed by atoms with Crippen molar-refractivity contribution in [1.29, 1.82) is 5.26 Å². The summed E-state index contributed by atoms with van der Waals surface area (Å²) >= 11 is 2.17. The molecule has 5 rings (SSSR count). The number of amides is 1. The lowest BCUT2D eigenvalue weighted by molar-refractivity contribution is 0.0198. The standard InChI is InChI=1S/C31H35F2N5O5S2Si/c1-8-44-29-36-25-22(27(37-29)42-15-40-9-10-46(5,6)7)18-14-41-13-17(18)20(23(25)33)24-21-16(11-34)28(38-30(39)43-31(2,3)4)45-26(21)19(32)12-35-24/h12H,8-10,13-15H2,1-7H3,(H,38,39). The molecule has 3 aromatic heterocycles. The lowest BCUT2D eigenvalue weighted by Crippen LogP contribution is -2.27. The molecule has 0 saturated heterocycles. The molecule has 0 unspecified atom stereocenters. The molecule has 0 fully saturated rings. The third-order valence-electron chi connectivity index (χ3n) is 6.92. The Hall–Kier alpha value is -3.42. The lowest BCUT2D eigenvalue weighted by Gasteiger charge is -2.19. The highest BCUT2D eigenvalue weighted by Crippen LogP contribution is 2.47. The minimum absolute atomic E-state index is 0.0117. The van der Waals surface area contributed by atoms with Crippen molar-refractivity contribution in [2.45, 2.75) is 77.4 Å². The van der Waals surface area contributed by atoms with Gasteiger partial charge in [-0.2, -0.15) is 10.2 Å². The van der Waals surface area contributed by atoms with E-state index in [1.165, 1.54) is 11.8 Å². The number of nitriles is 1. The fourth-order valence-electron chi connectivity index (χ4n) is 4.91.